The van der Waals surface area contributed by atoms with Crippen LogP contribution in [0.25, 0.3) is 0 Å². The number of nitrogens with one attached hydrogen (secondary N) is 2. The third kappa shape index (κ3) is 5.01. The Kier molecular flexibility index (Phi) is 6.11. The number of hydrogen-bond donors (Lipinski definition) is 2. The maximum Gasteiger partial charge on any atom is 0.243 e. The zero-order valence-corrected chi connectivity index (χ0v) is 15.7. The number of methoxy groups -OCH3 is 1. The van der Waals surface area contributed by atoms with Gasteiger partial charge in [0.1, 0.15) is 17.3 Å². The van der Waals surface area contributed by atoms with Crippen LogP contribution in [0.4, 0.5) is 15.8 Å². The summed E-state index contributed by atoms with van der Waals surface area (Å²) in [5.74, 6) is 0.852. The van der Waals surface area contributed by atoms with Crippen LogP contribution in [0.3, 0.4) is 0 Å². The van der Waals surface area contributed by atoms with Crippen LogP contribution < -0.4 is 20.1 Å². The van der Waals surface area contributed by atoms with Crippen molar-refractivity contribution < 1.29 is 18.7 Å². The van der Waals surface area contributed by atoms with E-state index in [4.69, 9.17) is 9.47 Å². The number of hydrogen-bond acceptors (Lipinski definition) is 4. The van der Waals surface area contributed by atoms with Crippen molar-refractivity contribution in [1.82, 2.24) is 0 Å². The van der Waals surface area contributed by atoms with Crippen molar-refractivity contribution in [3.05, 3.63) is 78.1 Å². The largest absolute Gasteiger partial charge is 0.495 e. The van der Waals surface area contributed by atoms with E-state index in [0.29, 0.717) is 28.6 Å². The summed E-state index contributed by atoms with van der Waals surface area (Å²) >= 11 is 0. The maximum atomic E-state index is 13.4. The number of halogens is 1. The normalized spacial score (nSPS) is 10.2. The Morgan fingerprint density at radius 1 is 0.964 bits per heavy atom. The molecule has 144 valence electrons. The summed E-state index contributed by atoms with van der Waals surface area (Å²) < 4.78 is 24.4. The van der Waals surface area contributed by atoms with Crippen molar-refractivity contribution in [2.45, 2.75) is 6.92 Å². The third-order valence-electron chi connectivity index (χ3n) is 3.98. The Morgan fingerprint density at radius 2 is 1.79 bits per heavy atom. The van der Waals surface area contributed by atoms with Gasteiger partial charge < -0.3 is 20.1 Å². The van der Waals surface area contributed by atoms with Gasteiger partial charge in [0.2, 0.25) is 5.91 Å². The Hall–Kier alpha value is -3.54. The summed E-state index contributed by atoms with van der Waals surface area (Å²) in [6.45, 7) is 1.97. The van der Waals surface area contributed by atoms with E-state index in [1.165, 1.54) is 12.1 Å². The molecule has 0 fully saturated rings. The van der Waals surface area contributed by atoms with Crippen LogP contribution >= 0.6 is 0 Å². The molecule has 0 aliphatic carbocycles. The van der Waals surface area contributed by atoms with Crippen molar-refractivity contribution in [2.75, 3.05) is 24.3 Å². The molecule has 0 saturated carbocycles. The molecule has 0 spiro atoms. The van der Waals surface area contributed by atoms with Crippen LogP contribution in [0, 0.1) is 12.7 Å². The molecule has 5 nitrogen and oxygen atoms in total. The molecular formula is C22H21FN2O3. The minimum atomic E-state index is -0.380. The SMILES string of the molecule is COc1ccc(C)cc1NC(=O)CNc1ccccc1Oc1cccc(F)c1. The van der Waals surface area contributed by atoms with E-state index in [2.05, 4.69) is 10.6 Å². The molecule has 3 aromatic rings. The monoisotopic (exact) mass is 380 g/mol. The molecule has 3 aromatic carbocycles. The first-order valence-electron chi connectivity index (χ1n) is 8.76. The molecule has 0 saturated heterocycles. The number of carbonyl (C=O) groups is 1. The molecule has 28 heavy (non-hydrogen) atoms. The molecule has 2 N–H and O–H groups in total. The molecule has 0 atom stereocenters. The Morgan fingerprint density at radius 3 is 2.57 bits per heavy atom. The molecule has 1 amide bonds. The van der Waals surface area contributed by atoms with Gasteiger partial charge in [-0.3, -0.25) is 4.79 Å². The average Bonchev–Trinajstić information content (AvgIpc) is 2.67. The quantitative estimate of drug-likeness (QED) is 0.607. The summed E-state index contributed by atoms with van der Waals surface area (Å²) in [6, 6.07) is 18.6. The zero-order valence-electron chi connectivity index (χ0n) is 15.7. The van der Waals surface area contributed by atoms with E-state index in [1.807, 2.05) is 25.1 Å². The number of para-hydroxylation sites is 2. The molecule has 0 aliphatic heterocycles. The number of anilines is 2. The van der Waals surface area contributed by atoms with Crippen molar-refractivity contribution >= 4 is 17.3 Å². The predicted octanol–water partition coefficient (Wildman–Crippen LogP) is 4.99. The van der Waals surface area contributed by atoms with Gasteiger partial charge in [-0.2, -0.15) is 0 Å². The minimum Gasteiger partial charge on any atom is -0.495 e. The summed E-state index contributed by atoms with van der Waals surface area (Å²) in [5.41, 5.74) is 2.25. The lowest BCUT2D eigenvalue weighted by atomic mass is 10.2. The molecule has 0 unspecified atom stereocenters. The standard InChI is InChI=1S/C22H21FN2O3/c1-15-10-11-20(27-2)19(12-15)25-22(26)14-24-18-8-3-4-9-21(18)28-17-7-5-6-16(23)13-17/h3-13,24H,14H2,1-2H3,(H,25,26). The first-order chi connectivity index (χ1) is 13.5. The van der Waals surface area contributed by atoms with Gasteiger partial charge in [-0.15, -0.1) is 0 Å². The second-order valence-electron chi connectivity index (χ2n) is 6.16. The Labute approximate surface area is 163 Å². The fraction of sp³-hybridized carbons (Fsp3) is 0.136. The lowest BCUT2D eigenvalue weighted by Crippen LogP contribution is -2.22. The zero-order chi connectivity index (χ0) is 19.9. The summed E-state index contributed by atoms with van der Waals surface area (Å²) in [6.07, 6.45) is 0. The topological polar surface area (TPSA) is 59.6 Å². The van der Waals surface area contributed by atoms with Gasteiger partial charge >= 0.3 is 0 Å². The van der Waals surface area contributed by atoms with Gasteiger partial charge in [0.05, 0.1) is 25.0 Å². The fourth-order valence-corrected chi connectivity index (χ4v) is 2.65. The van der Waals surface area contributed by atoms with Gasteiger partial charge in [-0.05, 0) is 48.9 Å². The Bertz CT molecular complexity index is 976. The Balaban J connectivity index is 1.66. The van der Waals surface area contributed by atoms with Crippen LogP contribution in [-0.2, 0) is 4.79 Å². The number of carbonyl (C=O) groups excluding carboxylic acids is 1. The van der Waals surface area contributed by atoms with Crippen molar-refractivity contribution in [1.29, 1.82) is 0 Å². The number of benzene rings is 3. The van der Waals surface area contributed by atoms with E-state index >= 15 is 0 Å². The van der Waals surface area contributed by atoms with E-state index < -0.39 is 0 Å². The second-order valence-corrected chi connectivity index (χ2v) is 6.16. The van der Waals surface area contributed by atoms with E-state index in [-0.39, 0.29) is 18.3 Å². The molecule has 0 heterocycles. The smallest absolute Gasteiger partial charge is 0.243 e. The van der Waals surface area contributed by atoms with Crippen molar-refractivity contribution in [3.63, 3.8) is 0 Å². The highest BCUT2D eigenvalue weighted by Gasteiger charge is 2.10. The highest BCUT2D eigenvalue weighted by molar-refractivity contribution is 5.95. The van der Waals surface area contributed by atoms with Gasteiger partial charge in [0.15, 0.2) is 5.75 Å². The number of aryl methyl sites for hydroxylation is 1. The van der Waals surface area contributed by atoms with E-state index in [0.717, 1.165) is 5.56 Å². The van der Waals surface area contributed by atoms with E-state index in [9.17, 15) is 9.18 Å². The molecule has 0 bridgehead atoms. The first kappa shape index (κ1) is 19.2. The van der Waals surface area contributed by atoms with Gasteiger partial charge in [0.25, 0.3) is 0 Å². The summed E-state index contributed by atoms with van der Waals surface area (Å²) in [5, 5.41) is 5.88. The van der Waals surface area contributed by atoms with Crippen LogP contribution in [0.5, 0.6) is 17.2 Å². The number of amides is 1. The number of ether oxygens (including phenoxy) is 2. The lowest BCUT2D eigenvalue weighted by molar-refractivity contribution is -0.114. The van der Waals surface area contributed by atoms with Crippen molar-refractivity contribution in [3.8, 4) is 17.2 Å². The third-order valence-corrected chi connectivity index (χ3v) is 3.98. The fourth-order valence-electron chi connectivity index (χ4n) is 2.65. The first-order valence-corrected chi connectivity index (χ1v) is 8.76. The average molecular weight is 380 g/mol. The van der Waals surface area contributed by atoms with Gasteiger partial charge in [-0.25, -0.2) is 4.39 Å². The highest BCUT2D eigenvalue weighted by atomic mass is 19.1. The highest BCUT2D eigenvalue weighted by Crippen LogP contribution is 2.29. The molecule has 0 aromatic heterocycles. The molecule has 6 heteroatoms. The summed E-state index contributed by atoms with van der Waals surface area (Å²) in [4.78, 5) is 12.4. The maximum absolute atomic E-state index is 13.4. The van der Waals surface area contributed by atoms with Gasteiger partial charge in [-0.1, -0.05) is 24.3 Å². The van der Waals surface area contributed by atoms with Crippen molar-refractivity contribution in [2.24, 2.45) is 0 Å². The number of rotatable bonds is 7. The summed E-state index contributed by atoms with van der Waals surface area (Å²) in [7, 11) is 1.55. The molecule has 0 aliphatic rings. The van der Waals surface area contributed by atoms with Crippen LogP contribution in [0.1, 0.15) is 5.56 Å². The van der Waals surface area contributed by atoms with E-state index in [1.54, 1.807) is 43.5 Å². The van der Waals surface area contributed by atoms with Crippen LogP contribution in [0.15, 0.2) is 66.7 Å². The minimum absolute atomic E-state index is 0.0284. The van der Waals surface area contributed by atoms with Crippen LogP contribution in [0.2, 0.25) is 0 Å². The molecule has 0 radical (unpaired) electrons. The second kappa shape index (κ2) is 8.90. The molecule has 3 rings (SSSR count). The van der Waals surface area contributed by atoms with Gasteiger partial charge in [0, 0.05) is 6.07 Å². The lowest BCUT2D eigenvalue weighted by Gasteiger charge is -2.14. The molecular weight excluding hydrogens is 359 g/mol. The van der Waals surface area contributed by atoms with Crippen LogP contribution in [-0.4, -0.2) is 19.6 Å². The predicted molar refractivity (Wildman–Crippen MR) is 108 cm³/mol.